The molecule has 0 aromatic heterocycles. The zero-order valence-electron chi connectivity index (χ0n) is 9.57. The van der Waals surface area contributed by atoms with Gasteiger partial charge in [-0.1, -0.05) is 24.3 Å². The van der Waals surface area contributed by atoms with Crippen LogP contribution in [0.25, 0.3) is 0 Å². The number of likely N-dealkylation sites (N-methyl/N-ethyl adjacent to an activating group) is 1. The normalized spacial score (nSPS) is 10.3. The van der Waals surface area contributed by atoms with Gasteiger partial charge in [0.25, 0.3) is 0 Å². The number of rotatable bonds is 6. The van der Waals surface area contributed by atoms with Crippen LogP contribution in [-0.4, -0.2) is 32.1 Å². The fourth-order valence-electron chi connectivity index (χ4n) is 1.31. The van der Waals surface area contributed by atoms with Gasteiger partial charge in [-0.15, -0.1) is 6.58 Å². The summed E-state index contributed by atoms with van der Waals surface area (Å²) in [6.07, 6.45) is 2.76. The number of benzene rings is 1. The molecule has 0 amide bonds. The number of para-hydroxylation sites is 1. The van der Waals surface area contributed by atoms with Gasteiger partial charge >= 0.3 is 0 Å². The van der Waals surface area contributed by atoms with Crippen molar-refractivity contribution in [3.05, 3.63) is 42.5 Å². The molecule has 0 unspecified atom stereocenters. The van der Waals surface area contributed by atoms with Crippen LogP contribution in [0.15, 0.2) is 36.9 Å². The number of ether oxygens (including phenoxy) is 1. The summed E-state index contributed by atoms with van der Waals surface area (Å²) in [6, 6.07) is 8.11. The van der Waals surface area contributed by atoms with Gasteiger partial charge in [0.05, 0.1) is 0 Å². The SMILES string of the molecule is C=CCc1ccccc1OCCN(C)C. The van der Waals surface area contributed by atoms with Crippen LogP contribution < -0.4 is 4.74 Å². The first-order valence-electron chi connectivity index (χ1n) is 5.20. The molecule has 1 rings (SSSR count). The maximum atomic E-state index is 5.71. The number of hydrogen-bond acceptors (Lipinski definition) is 2. The molecule has 0 aliphatic rings. The Balaban J connectivity index is 2.55. The highest BCUT2D eigenvalue weighted by molar-refractivity contribution is 5.34. The standard InChI is InChI=1S/C13H19NO/c1-4-7-12-8-5-6-9-13(12)15-11-10-14(2)3/h4-6,8-9H,1,7,10-11H2,2-3H3. The van der Waals surface area contributed by atoms with E-state index in [1.165, 1.54) is 5.56 Å². The van der Waals surface area contributed by atoms with E-state index >= 15 is 0 Å². The van der Waals surface area contributed by atoms with Crippen molar-refractivity contribution in [1.82, 2.24) is 4.90 Å². The predicted octanol–water partition coefficient (Wildman–Crippen LogP) is 2.36. The molecule has 0 spiro atoms. The first-order chi connectivity index (χ1) is 7.24. The van der Waals surface area contributed by atoms with Crippen molar-refractivity contribution in [3.8, 4) is 5.75 Å². The highest BCUT2D eigenvalue weighted by Crippen LogP contribution is 2.18. The van der Waals surface area contributed by atoms with E-state index in [0.29, 0.717) is 0 Å². The molecule has 0 aliphatic heterocycles. The second-order valence-corrected chi connectivity index (χ2v) is 3.75. The zero-order valence-corrected chi connectivity index (χ0v) is 9.57. The van der Waals surface area contributed by atoms with Crippen LogP contribution in [0.4, 0.5) is 0 Å². The molecule has 0 bridgehead atoms. The molecule has 0 aliphatic carbocycles. The number of nitrogens with zero attached hydrogens (tertiary/aromatic N) is 1. The lowest BCUT2D eigenvalue weighted by atomic mass is 10.1. The van der Waals surface area contributed by atoms with Crippen molar-refractivity contribution < 1.29 is 4.74 Å². The lowest BCUT2D eigenvalue weighted by Gasteiger charge is -2.13. The fourth-order valence-corrected chi connectivity index (χ4v) is 1.31. The maximum absolute atomic E-state index is 5.71. The Morgan fingerprint density at radius 3 is 2.73 bits per heavy atom. The average Bonchev–Trinajstić information content (AvgIpc) is 2.20. The van der Waals surface area contributed by atoms with E-state index < -0.39 is 0 Å². The molecule has 1 aromatic rings. The van der Waals surface area contributed by atoms with E-state index in [9.17, 15) is 0 Å². The summed E-state index contributed by atoms with van der Waals surface area (Å²) in [6.45, 7) is 5.40. The molecule has 0 radical (unpaired) electrons. The molecule has 15 heavy (non-hydrogen) atoms. The summed E-state index contributed by atoms with van der Waals surface area (Å²) < 4.78 is 5.71. The largest absolute Gasteiger partial charge is 0.492 e. The third-order valence-electron chi connectivity index (χ3n) is 2.13. The second-order valence-electron chi connectivity index (χ2n) is 3.75. The lowest BCUT2D eigenvalue weighted by molar-refractivity contribution is 0.260. The van der Waals surface area contributed by atoms with E-state index in [2.05, 4.69) is 17.5 Å². The van der Waals surface area contributed by atoms with Gasteiger partial charge in [-0.2, -0.15) is 0 Å². The molecule has 0 atom stereocenters. The minimum atomic E-state index is 0.723. The molecule has 0 heterocycles. The molecular weight excluding hydrogens is 186 g/mol. The molecule has 0 N–H and O–H groups in total. The molecule has 82 valence electrons. The van der Waals surface area contributed by atoms with Gasteiger partial charge in [0.15, 0.2) is 0 Å². The van der Waals surface area contributed by atoms with Crippen molar-refractivity contribution in [2.45, 2.75) is 6.42 Å². The van der Waals surface area contributed by atoms with Gasteiger partial charge in [-0.3, -0.25) is 0 Å². The van der Waals surface area contributed by atoms with Gasteiger partial charge in [-0.25, -0.2) is 0 Å². The van der Waals surface area contributed by atoms with E-state index in [1.807, 2.05) is 38.4 Å². The molecule has 2 nitrogen and oxygen atoms in total. The van der Waals surface area contributed by atoms with E-state index in [-0.39, 0.29) is 0 Å². The smallest absolute Gasteiger partial charge is 0.122 e. The van der Waals surface area contributed by atoms with Crippen molar-refractivity contribution in [3.63, 3.8) is 0 Å². The Labute approximate surface area is 92.2 Å². The van der Waals surface area contributed by atoms with Gasteiger partial charge in [0.2, 0.25) is 0 Å². The van der Waals surface area contributed by atoms with Crippen molar-refractivity contribution >= 4 is 0 Å². The molecule has 0 fully saturated rings. The summed E-state index contributed by atoms with van der Waals surface area (Å²) >= 11 is 0. The highest BCUT2D eigenvalue weighted by Gasteiger charge is 2.00. The monoisotopic (exact) mass is 205 g/mol. The third kappa shape index (κ3) is 4.17. The Kier molecular flexibility index (Phi) is 4.91. The van der Waals surface area contributed by atoms with Gasteiger partial charge in [-0.05, 0) is 32.1 Å². The minimum absolute atomic E-state index is 0.723. The van der Waals surface area contributed by atoms with Crippen LogP contribution in [0.3, 0.4) is 0 Å². The first-order valence-corrected chi connectivity index (χ1v) is 5.20. The molecule has 2 heteroatoms. The highest BCUT2D eigenvalue weighted by atomic mass is 16.5. The Morgan fingerprint density at radius 1 is 1.33 bits per heavy atom. The van der Waals surface area contributed by atoms with Crippen LogP contribution in [-0.2, 0) is 6.42 Å². The molecule has 1 aromatic carbocycles. The maximum Gasteiger partial charge on any atom is 0.122 e. The van der Waals surface area contributed by atoms with E-state index in [4.69, 9.17) is 4.74 Å². The van der Waals surface area contributed by atoms with Crippen molar-refractivity contribution in [1.29, 1.82) is 0 Å². The summed E-state index contributed by atoms with van der Waals surface area (Å²) in [5, 5.41) is 0. The zero-order chi connectivity index (χ0) is 11.1. The van der Waals surface area contributed by atoms with Crippen molar-refractivity contribution in [2.75, 3.05) is 27.2 Å². The van der Waals surface area contributed by atoms with Crippen LogP contribution in [0.2, 0.25) is 0 Å². The third-order valence-corrected chi connectivity index (χ3v) is 2.13. The average molecular weight is 205 g/mol. The van der Waals surface area contributed by atoms with Gasteiger partial charge < -0.3 is 9.64 Å². The van der Waals surface area contributed by atoms with E-state index in [1.54, 1.807) is 0 Å². The Bertz CT molecular complexity index is 307. The van der Waals surface area contributed by atoms with Crippen LogP contribution in [0.5, 0.6) is 5.75 Å². The van der Waals surface area contributed by atoms with Crippen molar-refractivity contribution in [2.24, 2.45) is 0 Å². The molecular formula is C13H19NO. The fraction of sp³-hybridized carbons (Fsp3) is 0.385. The number of hydrogen-bond donors (Lipinski definition) is 0. The van der Waals surface area contributed by atoms with Crippen LogP contribution in [0.1, 0.15) is 5.56 Å². The van der Waals surface area contributed by atoms with Crippen LogP contribution in [0, 0.1) is 0 Å². The minimum Gasteiger partial charge on any atom is -0.492 e. The summed E-state index contributed by atoms with van der Waals surface area (Å²) in [7, 11) is 4.08. The Morgan fingerprint density at radius 2 is 2.07 bits per heavy atom. The van der Waals surface area contributed by atoms with Gasteiger partial charge in [0, 0.05) is 6.54 Å². The first kappa shape index (κ1) is 11.8. The predicted molar refractivity (Wildman–Crippen MR) is 64.4 cm³/mol. The summed E-state index contributed by atoms with van der Waals surface area (Å²) in [5.41, 5.74) is 1.20. The summed E-state index contributed by atoms with van der Waals surface area (Å²) in [4.78, 5) is 2.11. The quantitative estimate of drug-likeness (QED) is 0.661. The molecule has 0 saturated heterocycles. The van der Waals surface area contributed by atoms with E-state index in [0.717, 1.165) is 25.3 Å². The lowest BCUT2D eigenvalue weighted by Crippen LogP contribution is -2.19. The topological polar surface area (TPSA) is 12.5 Å². The summed E-state index contributed by atoms with van der Waals surface area (Å²) in [5.74, 6) is 0.972. The molecule has 0 saturated carbocycles. The van der Waals surface area contributed by atoms with Crippen LogP contribution >= 0.6 is 0 Å². The Hall–Kier alpha value is -1.28. The van der Waals surface area contributed by atoms with Gasteiger partial charge in [0.1, 0.15) is 12.4 Å². The number of allylic oxidation sites excluding steroid dienone is 1. The second kappa shape index (κ2) is 6.25.